The summed E-state index contributed by atoms with van der Waals surface area (Å²) in [5.41, 5.74) is 1.68. The summed E-state index contributed by atoms with van der Waals surface area (Å²) in [6.07, 6.45) is 0.631. The SMILES string of the molecule is COCCC(CBr)NS(=O)(=O)c1cc(C)ccc1C. The van der Waals surface area contributed by atoms with Crippen molar-refractivity contribution in [2.75, 3.05) is 19.0 Å². The van der Waals surface area contributed by atoms with Crippen LogP contribution in [0.2, 0.25) is 0 Å². The van der Waals surface area contributed by atoms with Gasteiger partial charge in [-0.15, -0.1) is 0 Å². The van der Waals surface area contributed by atoms with Crippen LogP contribution in [0.1, 0.15) is 17.5 Å². The summed E-state index contributed by atoms with van der Waals surface area (Å²) in [7, 11) is -1.89. The van der Waals surface area contributed by atoms with Gasteiger partial charge in [-0.25, -0.2) is 13.1 Å². The molecule has 0 aliphatic carbocycles. The predicted octanol–water partition coefficient (Wildman–Crippen LogP) is 2.38. The van der Waals surface area contributed by atoms with Gasteiger partial charge in [-0.2, -0.15) is 0 Å². The molecule has 1 aromatic rings. The molecule has 0 aliphatic heterocycles. The molecular weight excluding hydrogens is 330 g/mol. The molecular formula is C13H20BrNO3S. The second kappa shape index (κ2) is 7.38. The van der Waals surface area contributed by atoms with Crippen LogP contribution in [0.4, 0.5) is 0 Å². The summed E-state index contributed by atoms with van der Waals surface area (Å²) in [6.45, 7) is 4.20. The average Bonchev–Trinajstić information content (AvgIpc) is 2.37. The van der Waals surface area contributed by atoms with E-state index in [-0.39, 0.29) is 6.04 Å². The highest BCUT2D eigenvalue weighted by Crippen LogP contribution is 2.17. The van der Waals surface area contributed by atoms with E-state index in [1.165, 1.54) is 0 Å². The highest BCUT2D eigenvalue weighted by Gasteiger charge is 2.21. The lowest BCUT2D eigenvalue weighted by Crippen LogP contribution is -2.37. The third kappa shape index (κ3) is 4.87. The van der Waals surface area contributed by atoms with Gasteiger partial charge >= 0.3 is 0 Å². The second-order valence-electron chi connectivity index (χ2n) is 4.52. The molecule has 108 valence electrons. The average molecular weight is 350 g/mol. The Labute approximate surface area is 123 Å². The molecule has 4 nitrogen and oxygen atoms in total. The highest BCUT2D eigenvalue weighted by atomic mass is 79.9. The van der Waals surface area contributed by atoms with Crippen LogP contribution >= 0.6 is 15.9 Å². The van der Waals surface area contributed by atoms with Gasteiger partial charge in [-0.1, -0.05) is 28.1 Å². The standard InChI is InChI=1S/C13H20BrNO3S/c1-10-4-5-11(2)13(8-10)19(16,17)15-12(9-14)6-7-18-3/h4-5,8,12,15H,6-7,9H2,1-3H3. The molecule has 0 spiro atoms. The van der Waals surface area contributed by atoms with Crippen molar-refractivity contribution in [3.63, 3.8) is 0 Å². The van der Waals surface area contributed by atoms with Gasteiger partial charge in [0, 0.05) is 25.1 Å². The summed E-state index contributed by atoms with van der Waals surface area (Å²) >= 11 is 3.32. The number of sulfonamides is 1. The number of halogens is 1. The maximum atomic E-state index is 12.4. The zero-order valence-electron chi connectivity index (χ0n) is 11.4. The van der Waals surface area contributed by atoms with Crippen molar-refractivity contribution in [1.29, 1.82) is 0 Å². The van der Waals surface area contributed by atoms with Crippen LogP contribution in [0.3, 0.4) is 0 Å². The number of benzene rings is 1. The molecule has 1 unspecified atom stereocenters. The second-order valence-corrected chi connectivity index (χ2v) is 6.85. The summed E-state index contributed by atoms with van der Waals surface area (Å²) in [5, 5.41) is 0.556. The number of methoxy groups -OCH3 is 1. The van der Waals surface area contributed by atoms with Crippen LogP contribution < -0.4 is 4.72 Å². The minimum Gasteiger partial charge on any atom is -0.385 e. The fourth-order valence-corrected chi connectivity index (χ4v) is 4.01. The van der Waals surface area contributed by atoms with E-state index in [1.807, 2.05) is 19.1 Å². The van der Waals surface area contributed by atoms with Crippen LogP contribution in [0.15, 0.2) is 23.1 Å². The van der Waals surface area contributed by atoms with Crippen LogP contribution in [0.25, 0.3) is 0 Å². The molecule has 0 heterocycles. The van der Waals surface area contributed by atoms with Gasteiger partial charge in [0.1, 0.15) is 0 Å². The lowest BCUT2D eigenvalue weighted by atomic mass is 10.2. The summed E-state index contributed by atoms with van der Waals surface area (Å²) in [5.74, 6) is 0. The number of hydrogen-bond acceptors (Lipinski definition) is 3. The molecule has 0 fully saturated rings. The van der Waals surface area contributed by atoms with Crippen molar-refractivity contribution in [2.45, 2.75) is 31.2 Å². The van der Waals surface area contributed by atoms with Gasteiger partial charge in [-0.3, -0.25) is 0 Å². The number of hydrogen-bond donors (Lipinski definition) is 1. The number of alkyl halides is 1. The molecule has 0 aromatic heterocycles. The minimum absolute atomic E-state index is 0.176. The molecule has 1 atom stereocenters. The van der Waals surface area contributed by atoms with Crippen molar-refractivity contribution in [2.24, 2.45) is 0 Å². The Kier molecular flexibility index (Phi) is 6.46. The molecule has 0 saturated heterocycles. The van der Waals surface area contributed by atoms with E-state index in [9.17, 15) is 8.42 Å². The van der Waals surface area contributed by atoms with E-state index >= 15 is 0 Å². The number of aryl methyl sites for hydroxylation is 2. The molecule has 0 amide bonds. The van der Waals surface area contributed by atoms with Gasteiger partial charge < -0.3 is 4.74 Å². The maximum absolute atomic E-state index is 12.4. The van der Waals surface area contributed by atoms with Crippen LogP contribution in [-0.4, -0.2) is 33.5 Å². The zero-order valence-corrected chi connectivity index (χ0v) is 13.8. The zero-order chi connectivity index (χ0) is 14.5. The number of rotatable bonds is 7. The van der Waals surface area contributed by atoms with Crippen molar-refractivity contribution >= 4 is 26.0 Å². The highest BCUT2D eigenvalue weighted by molar-refractivity contribution is 9.09. The lowest BCUT2D eigenvalue weighted by molar-refractivity contribution is 0.188. The first-order chi connectivity index (χ1) is 8.90. The van der Waals surface area contributed by atoms with Crippen LogP contribution in [-0.2, 0) is 14.8 Å². The molecule has 0 bridgehead atoms. The van der Waals surface area contributed by atoms with Crippen LogP contribution in [0, 0.1) is 13.8 Å². The molecule has 19 heavy (non-hydrogen) atoms. The summed E-state index contributed by atoms with van der Waals surface area (Å²) < 4.78 is 32.4. The van der Waals surface area contributed by atoms with Gasteiger partial charge in [0.2, 0.25) is 10.0 Å². The van der Waals surface area contributed by atoms with Crippen molar-refractivity contribution < 1.29 is 13.2 Å². The van der Waals surface area contributed by atoms with Gasteiger partial charge in [0.05, 0.1) is 4.90 Å². The third-order valence-electron chi connectivity index (χ3n) is 2.81. The normalized spacial score (nSPS) is 13.5. The van der Waals surface area contributed by atoms with Crippen LogP contribution in [0.5, 0.6) is 0 Å². The smallest absolute Gasteiger partial charge is 0.241 e. The monoisotopic (exact) mass is 349 g/mol. The van der Waals surface area contributed by atoms with Crippen molar-refractivity contribution in [3.8, 4) is 0 Å². The molecule has 1 aromatic carbocycles. The number of nitrogens with one attached hydrogen (secondary N) is 1. The Morgan fingerprint density at radius 3 is 2.63 bits per heavy atom. The lowest BCUT2D eigenvalue weighted by Gasteiger charge is -2.17. The fraction of sp³-hybridized carbons (Fsp3) is 0.538. The van der Waals surface area contributed by atoms with E-state index < -0.39 is 10.0 Å². The van der Waals surface area contributed by atoms with Gasteiger partial charge in [-0.05, 0) is 37.5 Å². The Bertz CT molecular complexity index is 517. The first-order valence-electron chi connectivity index (χ1n) is 6.05. The molecule has 0 radical (unpaired) electrons. The predicted molar refractivity (Wildman–Crippen MR) is 80.3 cm³/mol. The summed E-state index contributed by atoms with van der Waals surface area (Å²) in [6, 6.07) is 5.24. The Morgan fingerprint density at radius 1 is 1.37 bits per heavy atom. The van der Waals surface area contributed by atoms with Gasteiger partial charge in [0.25, 0.3) is 0 Å². The first-order valence-corrected chi connectivity index (χ1v) is 8.65. The molecule has 6 heteroatoms. The molecule has 1 N–H and O–H groups in total. The maximum Gasteiger partial charge on any atom is 0.241 e. The van der Waals surface area contributed by atoms with E-state index in [1.54, 1.807) is 20.1 Å². The Morgan fingerprint density at radius 2 is 2.05 bits per heavy atom. The largest absolute Gasteiger partial charge is 0.385 e. The van der Waals surface area contributed by atoms with E-state index in [0.717, 1.165) is 11.1 Å². The Balaban J connectivity index is 2.93. The fourth-order valence-electron chi connectivity index (χ4n) is 1.71. The minimum atomic E-state index is -3.49. The van der Waals surface area contributed by atoms with E-state index in [2.05, 4.69) is 20.7 Å². The van der Waals surface area contributed by atoms with Crippen molar-refractivity contribution in [1.82, 2.24) is 4.72 Å². The summed E-state index contributed by atoms with van der Waals surface area (Å²) in [4.78, 5) is 0.343. The third-order valence-corrected chi connectivity index (χ3v) is 5.26. The first kappa shape index (κ1) is 16.6. The molecule has 0 saturated carbocycles. The Hall–Kier alpha value is -0.430. The number of ether oxygens (including phenoxy) is 1. The quantitative estimate of drug-likeness (QED) is 0.769. The van der Waals surface area contributed by atoms with Crippen molar-refractivity contribution in [3.05, 3.63) is 29.3 Å². The van der Waals surface area contributed by atoms with E-state index in [0.29, 0.717) is 23.3 Å². The molecule has 1 rings (SSSR count). The topological polar surface area (TPSA) is 55.4 Å². The van der Waals surface area contributed by atoms with E-state index in [4.69, 9.17) is 4.74 Å². The molecule has 0 aliphatic rings. The van der Waals surface area contributed by atoms with Gasteiger partial charge in [0.15, 0.2) is 0 Å².